The molecule has 2 aliphatic rings. The molecule has 5 nitrogen and oxygen atoms in total. The van der Waals surface area contributed by atoms with Crippen molar-refractivity contribution in [1.82, 2.24) is 0 Å². The van der Waals surface area contributed by atoms with E-state index in [1.54, 1.807) is 5.06 Å². The topological polar surface area (TPSA) is 49.9 Å². The molecule has 3 atom stereocenters. The van der Waals surface area contributed by atoms with Crippen molar-refractivity contribution >= 4 is 34.0 Å². The van der Waals surface area contributed by atoms with Crippen LogP contribution >= 0.6 is 0 Å². The van der Waals surface area contributed by atoms with Crippen LogP contribution in [0.2, 0.25) is 0 Å². The minimum Gasteiger partial charge on any atom is -0.273 e. The van der Waals surface area contributed by atoms with Gasteiger partial charge in [-0.1, -0.05) is 79.7 Å². The summed E-state index contributed by atoms with van der Waals surface area (Å²) in [6.07, 6.45) is 0.0219. The number of fused-ring (bicyclic) bond motifs is 2. The minimum absolute atomic E-state index is 0.226. The van der Waals surface area contributed by atoms with E-state index in [0.29, 0.717) is 5.69 Å². The van der Waals surface area contributed by atoms with Crippen LogP contribution in [0.5, 0.6) is 0 Å². The van der Waals surface area contributed by atoms with Crippen molar-refractivity contribution in [3.05, 3.63) is 108 Å². The second-order valence-electron chi connectivity index (χ2n) is 8.76. The number of benzene rings is 4. The summed E-state index contributed by atoms with van der Waals surface area (Å²) in [5, 5.41) is 3.89. The number of anilines is 2. The molecule has 2 aliphatic heterocycles. The van der Waals surface area contributed by atoms with Crippen molar-refractivity contribution in [2.75, 3.05) is 9.96 Å². The van der Waals surface area contributed by atoms with Crippen molar-refractivity contribution < 1.29 is 14.4 Å². The zero-order chi connectivity index (χ0) is 23.2. The molecule has 2 fully saturated rings. The fourth-order valence-electron chi connectivity index (χ4n) is 5.17. The van der Waals surface area contributed by atoms with Gasteiger partial charge >= 0.3 is 0 Å². The lowest BCUT2D eigenvalue weighted by molar-refractivity contribution is -0.126. The van der Waals surface area contributed by atoms with Gasteiger partial charge in [-0.3, -0.25) is 14.4 Å². The SMILES string of the molecule is CCc1ccc(N2C(=O)[C@@H]3[C@@H](c4cccc5ccccc45)N(c4ccccc4)O[C@H]3C2=O)cc1. The van der Waals surface area contributed by atoms with Crippen LogP contribution in [0.25, 0.3) is 10.8 Å². The van der Waals surface area contributed by atoms with Gasteiger partial charge in [0.15, 0.2) is 6.10 Å². The molecule has 0 N–H and O–H groups in total. The molecule has 5 heteroatoms. The van der Waals surface area contributed by atoms with Crippen molar-refractivity contribution in [1.29, 1.82) is 0 Å². The van der Waals surface area contributed by atoms with E-state index in [2.05, 4.69) is 25.1 Å². The van der Waals surface area contributed by atoms with Crippen LogP contribution in [0.4, 0.5) is 11.4 Å². The third-order valence-electron chi connectivity index (χ3n) is 6.87. The number of hydrogen-bond acceptors (Lipinski definition) is 4. The average Bonchev–Trinajstić information content (AvgIpc) is 3.40. The highest BCUT2D eigenvalue weighted by Crippen LogP contribution is 2.48. The normalized spacial score (nSPS) is 22.0. The minimum atomic E-state index is -0.873. The number of hydrogen-bond donors (Lipinski definition) is 0. The van der Waals surface area contributed by atoms with Crippen LogP contribution in [0.3, 0.4) is 0 Å². The fourth-order valence-corrected chi connectivity index (χ4v) is 5.17. The number of amides is 2. The Balaban J connectivity index is 1.48. The van der Waals surface area contributed by atoms with Gasteiger partial charge in [-0.05, 0) is 52.6 Å². The smallest absolute Gasteiger partial charge is 0.266 e. The summed E-state index contributed by atoms with van der Waals surface area (Å²) in [6.45, 7) is 2.08. The average molecular weight is 449 g/mol. The standard InChI is InChI=1S/C29H24N2O3/c1-2-19-15-17-21(18-16-19)30-28(32)25-26(24-14-8-10-20-9-6-7-13-23(20)24)31(34-27(25)29(30)33)22-11-4-3-5-12-22/h3-18,25-27H,2H2,1H3/t25-,26-,27-/m1/s1. The number of carbonyl (C=O) groups is 2. The fraction of sp³-hybridized carbons (Fsp3) is 0.172. The van der Waals surface area contributed by atoms with Gasteiger partial charge in [0.25, 0.3) is 5.91 Å². The molecule has 0 spiro atoms. The zero-order valence-electron chi connectivity index (χ0n) is 18.8. The molecule has 0 aromatic heterocycles. The lowest BCUT2D eigenvalue weighted by atomic mass is 9.87. The van der Waals surface area contributed by atoms with Crippen LogP contribution in [0.15, 0.2) is 97.1 Å². The summed E-state index contributed by atoms with van der Waals surface area (Å²) >= 11 is 0. The van der Waals surface area contributed by atoms with E-state index in [4.69, 9.17) is 4.84 Å². The molecule has 4 aromatic carbocycles. The largest absolute Gasteiger partial charge is 0.273 e. The monoisotopic (exact) mass is 448 g/mol. The molecular formula is C29H24N2O3. The number of imide groups is 1. The number of aryl methyl sites for hydroxylation is 1. The Hall–Kier alpha value is -3.96. The Morgan fingerprint density at radius 2 is 1.44 bits per heavy atom. The predicted molar refractivity (Wildman–Crippen MR) is 132 cm³/mol. The Morgan fingerprint density at radius 3 is 2.21 bits per heavy atom. The van der Waals surface area contributed by atoms with Crippen LogP contribution in [0, 0.1) is 5.92 Å². The van der Waals surface area contributed by atoms with Crippen LogP contribution in [-0.4, -0.2) is 17.9 Å². The molecule has 2 saturated heterocycles. The number of carbonyl (C=O) groups excluding carboxylic acids is 2. The Bertz CT molecular complexity index is 1380. The number of rotatable bonds is 4. The molecule has 168 valence electrons. The molecule has 0 unspecified atom stereocenters. The van der Waals surface area contributed by atoms with E-state index in [9.17, 15) is 9.59 Å². The quantitative estimate of drug-likeness (QED) is 0.390. The van der Waals surface area contributed by atoms with Gasteiger partial charge in [-0.15, -0.1) is 0 Å². The molecular weight excluding hydrogens is 424 g/mol. The van der Waals surface area contributed by atoms with Crippen molar-refractivity contribution in [2.24, 2.45) is 5.92 Å². The summed E-state index contributed by atoms with van der Waals surface area (Å²) in [6, 6.07) is 31.1. The van der Waals surface area contributed by atoms with Gasteiger partial charge in [0.1, 0.15) is 5.92 Å². The van der Waals surface area contributed by atoms with Crippen LogP contribution in [-0.2, 0) is 20.8 Å². The third kappa shape index (κ3) is 3.12. The highest BCUT2D eigenvalue weighted by atomic mass is 16.7. The molecule has 0 bridgehead atoms. The second-order valence-corrected chi connectivity index (χ2v) is 8.76. The van der Waals surface area contributed by atoms with Gasteiger partial charge in [0.2, 0.25) is 5.91 Å². The van der Waals surface area contributed by atoms with E-state index >= 15 is 0 Å². The van der Waals surface area contributed by atoms with Crippen molar-refractivity contribution in [3.8, 4) is 0 Å². The third-order valence-corrected chi connectivity index (χ3v) is 6.87. The Labute approximate surface area is 198 Å². The number of para-hydroxylation sites is 1. The second kappa shape index (κ2) is 8.12. The van der Waals surface area contributed by atoms with E-state index in [1.165, 1.54) is 4.90 Å². The summed E-state index contributed by atoms with van der Waals surface area (Å²) in [4.78, 5) is 35.0. The Morgan fingerprint density at radius 1 is 0.735 bits per heavy atom. The van der Waals surface area contributed by atoms with Gasteiger partial charge < -0.3 is 0 Å². The van der Waals surface area contributed by atoms with Gasteiger partial charge in [-0.2, -0.15) is 0 Å². The first-order valence-corrected chi connectivity index (χ1v) is 11.6. The number of nitrogens with zero attached hydrogens (tertiary/aromatic N) is 2. The predicted octanol–water partition coefficient (Wildman–Crippen LogP) is 5.45. The maximum absolute atomic E-state index is 13.8. The van der Waals surface area contributed by atoms with Crippen LogP contribution < -0.4 is 9.96 Å². The number of hydroxylamine groups is 1. The van der Waals surface area contributed by atoms with Gasteiger partial charge in [-0.25, -0.2) is 9.96 Å². The summed E-state index contributed by atoms with van der Waals surface area (Å²) in [5.74, 6) is -1.19. The maximum Gasteiger partial charge on any atom is 0.266 e. The van der Waals surface area contributed by atoms with Crippen molar-refractivity contribution in [2.45, 2.75) is 25.5 Å². The summed E-state index contributed by atoms with van der Waals surface area (Å²) < 4.78 is 0. The van der Waals surface area contributed by atoms with Crippen LogP contribution in [0.1, 0.15) is 24.1 Å². The molecule has 2 heterocycles. The van der Waals surface area contributed by atoms with Gasteiger partial charge in [0, 0.05) is 0 Å². The first-order valence-electron chi connectivity index (χ1n) is 11.6. The van der Waals surface area contributed by atoms with E-state index in [-0.39, 0.29) is 11.8 Å². The van der Waals surface area contributed by atoms with E-state index < -0.39 is 18.1 Å². The summed E-state index contributed by atoms with van der Waals surface area (Å²) in [7, 11) is 0. The molecule has 0 saturated carbocycles. The maximum atomic E-state index is 13.8. The lowest BCUT2D eigenvalue weighted by Crippen LogP contribution is -2.37. The first-order chi connectivity index (χ1) is 16.7. The highest BCUT2D eigenvalue weighted by molar-refractivity contribution is 6.24. The summed E-state index contributed by atoms with van der Waals surface area (Å²) in [5.41, 5.74) is 3.53. The van der Waals surface area contributed by atoms with Gasteiger partial charge in [0.05, 0.1) is 17.4 Å². The van der Waals surface area contributed by atoms with Crippen molar-refractivity contribution in [3.63, 3.8) is 0 Å². The molecule has 6 rings (SSSR count). The zero-order valence-corrected chi connectivity index (χ0v) is 18.8. The Kier molecular flexibility index (Phi) is 4.93. The molecule has 4 aromatic rings. The van der Waals surface area contributed by atoms with E-state index in [1.807, 2.05) is 78.9 Å². The molecule has 34 heavy (non-hydrogen) atoms. The van der Waals surface area contributed by atoms with E-state index in [0.717, 1.165) is 34.0 Å². The lowest BCUT2D eigenvalue weighted by Gasteiger charge is -2.29. The highest BCUT2D eigenvalue weighted by Gasteiger charge is 2.60. The molecule has 0 aliphatic carbocycles. The molecule has 0 radical (unpaired) electrons. The molecule has 2 amide bonds. The first kappa shape index (κ1) is 20.6.